The summed E-state index contributed by atoms with van der Waals surface area (Å²) >= 11 is 12.4. The molecule has 1 aliphatic rings. The number of pyridine rings is 2. The molecule has 0 radical (unpaired) electrons. The first-order chi connectivity index (χ1) is 15.6. The zero-order chi connectivity index (χ0) is 22.1. The number of hydrogen-bond donors (Lipinski definition) is 1. The predicted molar refractivity (Wildman–Crippen MR) is 126 cm³/mol. The van der Waals surface area contributed by atoms with Crippen molar-refractivity contribution in [3.8, 4) is 22.6 Å². The maximum Gasteiger partial charge on any atom is 0.255 e. The molecule has 32 heavy (non-hydrogen) atoms. The molecule has 0 fully saturated rings. The average molecular weight is 464 g/mol. The van der Waals surface area contributed by atoms with Gasteiger partial charge in [0.2, 0.25) is 0 Å². The second-order valence-corrected chi connectivity index (χ2v) is 8.47. The Morgan fingerprint density at radius 3 is 2.69 bits per heavy atom. The predicted octanol–water partition coefficient (Wildman–Crippen LogP) is 4.76. The van der Waals surface area contributed by atoms with E-state index >= 15 is 0 Å². The van der Waals surface area contributed by atoms with Crippen molar-refractivity contribution < 1.29 is 0 Å². The number of H-pyrrole nitrogens is 1. The summed E-state index contributed by atoms with van der Waals surface area (Å²) in [6, 6.07) is 13.2. The largest absolute Gasteiger partial charge is 0.306 e. The smallest absolute Gasteiger partial charge is 0.255 e. The van der Waals surface area contributed by atoms with E-state index in [-0.39, 0.29) is 5.56 Å². The standard InChI is InChI=1S/C24H19Cl2N5O/c25-19-3-1-2-17(22(19)26)20-5-4-15(12-28-20)13-31-11-8-21-18(14-31)24(32)30-23(29-21)16-6-9-27-10-7-16/h1-7,9-10,12H,8,11,13-14H2,(H,29,30,32). The van der Waals surface area contributed by atoms with Crippen LogP contribution in [0.2, 0.25) is 10.0 Å². The van der Waals surface area contributed by atoms with Crippen LogP contribution in [0, 0.1) is 0 Å². The molecule has 1 N–H and O–H groups in total. The van der Waals surface area contributed by atoms with Crippen LogP contribution in [-0.4, -0.2) is 31.4 Å². The molecule has 8 heteroatoms. The minimum absolute atomic E-state index is 0.0874. The fourth-order valence-corrected chi connectivity index (χ4v) is 4.30. The first-order valence-corrected chi connectivity index (χ1v) is 11.0. The van der Waals surface area contributed by atoms with Crippen molar-refractivity contribution in [2.24, 2.45) is 0 Å². The number of hydrogen-bond acceptors (Lipinski definition) is 5. The Balaban J connectivity index is 1.32. The lowest BCUT2D eigenvalue weighted by molar-refractivity contribution is 0.241. The molecule has 6 nitrogen and oxygen atoms in total. The average Bonchev–Trinajstić information content (AvgIpc) is 2.82. The highest BCUT2D eigenvalue weighted by molar-refractivity contribution is 6.43. The fraction of sp³-hybridized carbons (Fsp3) is 0.167. The van der Waals surface area contributed by atoms with Gasteiger partial charge in [0.1, 0.15) is 5.82 Å². The number of aromatic amines is 1. The number of aromatic nitrogens is 4. The molecule has 0 bridgehead atoms. The first-order valence-electron chi connectivity index (χ1n) is 10.2. The van der Waals surface area contributed by atoms with Gasteiger partial charge in [-0.1, -0.05) is 41.4 Å². The van der Waals surface area contributed by atoms with Gasteiger partial charge in [0.05, 0.1) is 27.0 Å². The van der Waals surface area contributed by atoms with Gasteiger partial charge in [0.15, 0.2) is 0 Å². The Hall–Kier alpha value is -3.06. The monoisotopic (exact) mass is 463 g/mol. The molecule has 5 rings (SSSR count). The SMILES string of the molecule is O=c1[nH]c(-c2ccncc2)nc2c1CN(Cc1ccc(-c3cccc(Cl)c3Cl)nc1)CC2. The van der Waals surface area contributed by atoms with E-state index in [2.05, 4.69) is 19.9 Å². The van der Waals surface area contributed by atoms with Gasteiger partial charge in [-0.05, 0) is 29.8 Å². The summed E-state index contributed by atoms with van der Waals surface area (Å²) in [6.45, 7) is 2.07. The van der Waals surface area contributed by atoms with Gasteiger partial charge in [0, 0.05) is 55.8 Å². The van der Waals surface area contributed by atoms with Crippen LogP contribution in [0.25, 0.3) is 22.6 Å². The zero-order valence-electron chi connectivity index (χ0n) is 17.1. The van der Waals surface area contributed by atoms with Gasteiger partial charge in [-0.2, -0.15) is 0 Å². The van der Waals surface area contributed by atoms with Crippen LogP contribution >= 0.6 is 23.2 Å². The number of fused-ring (bicyclic) bond motifs is 1. The molecule has 0 amide bonds. The van der Waals surface area contributed by atoms with Gasteiger partial charge in [0.25, 0.3) is 5.56 Å². The van der Waals surface area contributed by atoms with Gasteiger partial charge in [-0.3, -0.25) is 19.7 Å². The van der Waals surface area contributed by atoms with Crippen LogP contribution < -0.4 is 5.56 Å². The van der Waals surface area contributed by atoms with E-state index in [1.807, 2.05) is 42.6 Å². The molecule has 0 unspecified atom stereocenters. The normalized spacial score (nSPS) is 13.7. The van der Waals surface area contributed by atoms with E-state index in [1.54, 1.807) is 18.5 Å². The third-order valence-corrected chi connectivity index (χ3v) is 6.38. The second-order valence-electron chi connectivity index (χ2n) is 7.69. The van der Waals surface area contributed by atoms with Crippen LogP contribution in [0.1, 0.15) is 16.8 Å². The number of benzene rings is 1. The van der Waals surface area contributed by atoms with Crippen molar-refractivity contribution in [3.05, 3.63) is 98.3 Å². The van der Waals surface area contributed by atoms with Crippen molar-refractivity contribution >= 4 is 23.2 Å². The Kier molecular flexibility index (Phi) is 5.74. The van der Waals surface area contributed by atoms with Crippen LogP contribution in [0.15, 0.2) is 65.8 Å². The topological polar surface area (TPSA) is 74.8 Å². The summed E-state index contributed by atoms with van der Waals surface area (Å²) in [5, 5.41) is 1.01. The molecular formula is C24H19Cl2N5O. The van der Waals surface area contributed by atoms with E-state index in [1.165, 1.54) is 0 Å². The fourth-order valence-electron chi connectivity index (χ4n) is 3.90. The lowest BCUT2D eigenvalue weighted by Gasteiger charge is -2.27. The van der Waals surface area contributed by atoms with E-state index in [9.17, 15) is 4.79 Å². The van der Waals surface area contributed by atoms with Crippen molar-refractivity contribution in [2.45, 2.75) is 19.5 Å². The number of rotatable bonds is 4. The van der Waals surface area contributed by atoms with Crippen LogP contribution in [-0.2, 0) is 19.5 Å². The highest BCUT2D eigenvalue weighted by Crippen LogP contribution is 2.32. The maximum atomic E-state index is 12.7. The minimum atomic E-state index is -0.0874. The third kappa shape index (κ3) is 4.17. The Labute approximate surface area is 194 Å². The molecule has 4 heterocycles. The Morgan fingerprint density at radius 2 is 1.91 bits per heavy atom. The molecule has 3 aromatic heterocycles. The summed E-state index contributed by atoms with van der Waals surface area (Å²) in [7, 11) is 0. The number of halogens is 2. The Morgan fingerprint density at radius 1 is 1.06 bits per heavy atom. The maximum absolute atomic E-state index is 12.7. The summed E-state index contributed by atoms with van der Waals surface area (Å²) < 4.78 is 0. The number of nitrogens with one attached hydrogen (secondary N) is 1. The van der Waals surface area contributed by atoms with Crippen LogP contribution in [0.4, 0.5) is 0 Å². The quantitative estimate of drug-likeness (QED) is 0.472. The summed E-state index contributed by atoms with van der Waals surface area (Å²) in [5.41, 5.74) is 5.00. The molecule has 0 saturated heterocycles. The molecular weight excluding hydrogens is 445 g/mol. The van der Waals surface area contributed by atoms with E-state index in [4.69, 9.17) is 28.2 Å². The third-order valence-electron chi connectivity index (χ3n) is 5.56. The highest BCUT2D eigenvalue weighted by atomic mass is 35.5. The van der Waals surface area contributed by atoms with Crippen molar-refractivity contribution in [1.82, 2.24) is 24.8 Å². The van der Waals surface area contributed by atoms with E-state index in [0.29, 0.717) is 29.0 Å². The van der Waals surface area contributed by atoms with Gasteiger partial charge < -0.3 is 4.98 Å². The number of nitrogens with zero attached hydrogens (tertiary/aromatic N) is 4. The molecule has 0 aliphatic carbocycles. The minimum Gasteiger partial charge on any atom is -0.306 e. The molecule has 160 valence electrons. The molecule has 0 saturated carbocycles. The van der Waals surface area contributed by atoms with Crippen molar-refractivity contribution in [2.75, 3.05) is 6.54 Å². The molecule has 0 atom stereocenters. The molecule has 4 aromatic rings. The molecule has 1 aromatic carbocycles. The van der Waals surface area contributed by atoms with Crippen LogP contribution in [0.5, 0.6) is 0 Å². The van der Waals surface area contributed by atoms with Crippen molar-refractivity contribution in [1.29, 1.82) is 0 Å². The molecule has 1 aliphatic heterocycles. The van der Waals surface area contributed by atoms with E-state index in [0.717, 1.165) is 46.6 Å². The summed E-state index contributed by atoms with van der Waals surface area (Å²) in [5.74, 6) is 0.587. The lowest BCUT2D eigenvalue weighted by Crippen LogP contribution is -2.35. The van der Waals surface area contributed by atoms with Crippen LogP contribution in [0.3, 0.4) is 0 Å². The molecule has 0 spiro atoms. The summed E-state index contributed by atoms with van der Waals surface area (Å²) in [6.07, 6.45) is 5.95. The zero-order valence-corrected chi connectivity index (χ0v) is 18.6. The van der Waals surface area contributed by atoms with Crippen molar-refractivity contribution in [3.63, 3.8) is 0 Å². The lowest BCUT2D eigenvalue weighted by atomic mass is 10.1. The second kappa shape index (κ2) is 8.82. The van der Waals surface area contributed by atoms with Gasteiger partial charge >= 0.3 is 0 Å². The highest BCUT2D eigenvalue weighted by Gasteiger charge is 2.22. The van der Waals surface area contributed by atoms with E-state index < -0.39 is 0 Å². The Bertz CT molecular complexity index is 1320. The summed E-state index contributed by atoms with van der Waals surface area (Å²) in [4.78, 5) is 31.2. The van der Waals surface area contributed by atoms with Gasteiger partial charge in [-0.15, -0.1) is 0 Å². The first kappa shape index (κ1) is 20.8. The van der Waals surface area contributed by atoms with Gasteiger partial charge in [-0.25, -0.2) is 4.98 Å².